The maximum absolute atomic E-state index is 12.6. The average Bonchev–Trinajstić information content (AvgIpc) is 2.87. The summed E-state index contributed by atoms with van der Waals surface area (Å²) in [6.45, 7) is 0.728. The summed E-state index contributed by atoms with van der Waals surface area (Å²) >= 11 is 0. The molecule has 2 aliphatic rings. The molecule has 0 bridgehead atoms. The summed E-state index contributed by atoms with van der Waals surface area (Å²) in [4.78, 5) is 12.6. The van der Waals surface area contributed by atoms with Gasteiger partial charge >= 0.3 is 0 Å². The van der Waals surface area contributed by atoms with E-state index in [1.165, 1.54) is 12.8 Å². The summed E-state index contributed by atoms with van der Waals surface area (Å²) in [5.74, 6) is 0.380. The number of ether oxygens (including phenoxy) is 1. The average molecular weight is 259 g/mol. The fraction of sp³-hybridized carbons (Fsp3) is 0.562. The van der Waals surface area contributed by atoms with E-state index in [4.69, 9.17) is 10.5 Å². The van der Waals surface area contributed by atoms with Gasteiger partial charge in [0, 0.05) is 23.8 Å². The summed E-state index contributed by atoms with van der Waals surface area (Å²) in [5.41, 5.74) is 7.17. The van der Waals surface area contributed by atoms with Crippen molar-refractivity contribution >= 4 is 11.5 Å². The first kappa shape index (κ1) is 12.7. The van der Waals surface area contributed by atoms with E-state index in [0.717, 1.165) is 37.9 Å². The molecule has 3 heteroatoms. The minimum absolute atomic E-state index is 0.00633. The number of hydrogen-bond acceptors (Lipinski definition) is 3. The molecule has 19 heavy (non-hydrogen) atoms. The van der Waals surface area contributed by atoms with Gasteiger partial charge in [0.2, 0.25) is 0 Å². The minimum Gasteiger partial charge on any atom is -0.399 e. The number of carbonyl (C=O) groups excluding carboxylic acids is 1. The summed E-state index contributed by atoms with van der Waals surface area (Å²) in [5, 5.41) is 0. The Balaban J connectivity index is 1.74. The molecular formula is C16H21NO2. The Hall–Kier alpha value is -1.35. The zero-order valence-corrected chi connectivity index (χ0v) is 11.2. The molecule has 3 rings (SSSR count). The fourth-order valence-corrected chi connectivity index (χ4v) is 3.50. The molecule has 2 fully saturated rings. The number of benzene rings is 1. The Bertz CT molecular complexity index is 460. The van der Waals surface area contributed by atoms with E-state index in [9.17, 15) is 4.79 Å². The van der Waals surface area contributed by atoms with Crippen molar-refractivity contribution < 1.29 is 9.53 Å². The number of nitrogens with two attached hydrogens (primary N) is 1. The van der Waals surface area contributed by atoms with Crippen molar-refractivity contribution in [2.24, 2.45) is 5.92 Å². The summed E-state index contributed by atoms with van der Waals surface area (Å²) in [7, 11) is 0. The van der Waals surface area contributed by atoms with Gasteiger partial charge in [-0.3, -0.25) is 4.79 Å². The van der Waals surface area contributed by atoms with Crippen LogP contribution in [0.25, 0.3) is 0 Å². The zero-order valence-electron chi connectivity index (χ0n) is 11.2. The summed E-state index contributed by atoms with van der Waals surface area (Å²) in [6, 6.07) is 7.29. The number of nitrogen functional groups attached to an aromatic ring is 1. The first-order valence-corrected chi connectivity index (χ1v) is 7.22. The monoisotopic (exact) mass is 259 g/mol. The molecule has 1 aliphatic heterocycles. The van der Waals surface area contributed by atoms with Gasteiger partial charge < -0.3 is 10.5 Å². The van der Waals surface area contributed by atoms with E-state index in [-0.39, 0.29) is 17.3 Å². The van der Waals surface area contributed by atoms with E-state index in [1.54, 1.807) is 12.1 Å². The second kappa shape index (κ2) is 4.97. The van der Waals surface area contributed by atoms with Crippen LogP contribution in [0.3, 0.4) is 0 Å². The predicted molar refractivity (Wildman–Crippen MR) is 75.1 cm³/mol. The highest BCUT2D eigenvalue weighted by Gasteiger charge is 2.41. The lowest BCUT2D eigenvalue weighted by Crippen LogP contribution is -2.39. The van der Waals surface area contributed by atoms with Crippen LogP contribution >= 0.6 is 0 Å². The normalized spacial score (nSPS) is 25.6. The largest absolute Gasteiger partial charge is 0.399 e. The maximum Gasteiger partial charge on any atom is 0.166 e. The van der Waals surface area contributed by atoms with Crippen LogP contribution in [0.5, 0.6) is 0 Å². The van der Waals surface area contributed by atoms with E-state index in [2.05, 4.69) is 0 Å². The Labute approximate surface area is 114 Å². The zero-order chi connectivity index (χ0) is 13.3. The van der Waals surface area contributed by atoms with Gasteiger partial charge in [0.15, 0.2) is 5.78 Å². The molecule has 1 spiro atoms. The molecule has 102 valence electrons. The van der Waals surface area contributed by atoms with Gasteiger partial charge in [0.25, 0.3) is 0 Å². The van der Waals surface area contributed by atoms with Crippen molar-refractivity contribution in [1.29, 1.82) is 0 Å². The number of ketones is 1. The van der Waals surface area contributed by atoms with Gasteiger partial charge in [-0.25, -0.2) is 0 Å². The first-order chi connectivity index (χ1) is 9.19. The van der Waals surface area contributed by atoms with Gasteiger partial charge in [-0.1, -0.05) is 12.8 Å². The van der Waals surface area contributed by atoms with Crippen LogP contribution in [0.15, 0.2) is 24.3 Å². The number of rotatable bonds is 2. The molecular weight excluding hydrogens is 238 g/mol. The highest BCUT2D eigenvalue weighted by Crippen LogP contribution is 2.42. The fourth-order valence-electron chi connectivity index (χ4n) is 3.50. The Morgan fingerprint density at radius 3 is 2.58 bits per heavy atom. The molecule has 1 unspecified atom stereocenters. The minimum atomic E-state index is 0.00633. The first-order valence-electron chi connectivity index (χ1n) is 7.22. The SMILES string of the molecule is Nc1ccc(C(=O)C2CCOC3(CCCC3)C2)cc1. The molecule has 0 radical (unpaired) electrons. The van der Waals surface area contributed by atoms with Crippen molar-refractivity contribution in [3.05, 3.63) is 29.8 Å². The highest BCUT2D eigenvalue weighted by atomic mass is 16.5. The molecule has 1 aliphatic carbocycles. The number of anilines is 1. The predicted octanol–water partition coefficient (Wildman–Crippen LogP) is 3.19. The highest BCUT2D eigenvalue weighted by molar-refractivity contribution is 5.98. The molecule has 1 saturated heterocycles. The molecule has 0 amide bonds. The third kappa shape index (κ3) is 2.52. The van der Waals surface area contributed by atoms with Gasteiger partial charge in [0.1, 0.15) is 0 Å². The van der Waals surface area contributed by atoms with Crippen LogP contribution in [0.2, 0.25) is 0 Å². The molecule has 1 aromatic rings. The lowest BCUT2D eigenvalue weighted by atomic mass is 9.81. The maximum atomic E-state index is 12.6. The number of Topliss-reactive ketones (excluding diaryl/α,β-unsaturated/α-hetero) is 1. The van der Waals surface area contributed by atoms with E-state index in [0.29, 0.717) is 5.69 Å². The molecule has 2 N–H and O–H groups in total. The van der Waals surface area contributed by atoms with Crippen molar-refractivity contribution in [2.45, 2.75) is 44.1 Å². The van der Waals surface area contributed by atoms with Crippen molar-refractivity contribution in [3.8, 4) is 0 Å². The topological polar surface area (TPSA) is 52.3 Å². The lowest BCUT2D eigenvalue weighted by Gasteiger charge is -2.37. The third-order valence-corrected chi connectivity index (χ3v) is 4.57. The van der Waals surface area contributed by atoms with Crippen LogP contribution in [-0.2, 0) is 4.74 Å². The molecule has 1 heterocycles. The van der Waals surface area contributed by atoms with Crippen LogP contribution in [0, 0.1) is 5.92 Å². The third-order valence-electron chi connectivity index (χ3n) is 4.57. The quantitative estimate of drug-likeness (QED) is 0.655. The molecule has 1 aromatic carbocycles. The summed E-state index contributed by atoms with van der Waals surface area (Å²) < 4.78 is 5.99. The van der Waals surface area contributed by atoms with Gasteiger partial charge in [-0.05, 0) is 49.9 Å². The number of carbonyl (C=O) groups is 1. The van der Waals surface area contributed by atoms with Crippen LogP contribution in [0.4, 0.5) is 5.69 Å². The van der Waals surface area contributed by atoms with Gasteiger partial charge in [-0.15, -0.1) is 0 Å². The van der Waals surface area contributed by atoms with Crippen molar-refractivity contribution in [3.63, 3.8) is 0 Å². The van der Waals surface area contributed by atoms with Crippen molar-refractivity contribution in [2.75, 3.05) is 12.3 Å². The Kier molecular flexibility index (Phi) is 3.31. The number of hydrogen-bond donors (Lipinski definition) is 1. The van der Waals surface area contributed by atoms with Gasteiger partial charge in [-0.2, -0.15) is 0 Å². The van der Waals surface area contributed by atoms with E-state index in [1.807, 2.05) is 12.1 Å². The van der Waals surface area contributed by atoms with Gasteiger partial charge in [0.05, 0.1) is 5.60 Å². The van der Waals surface area contributed by atoms with E-state index < -0.39 is 0 Å². The smallest absolute Gasteiger partial charge is 0.166 e. The van der Waals surface area contributed by atoms with Crippen LogP contribution in [0.1, 0.15) is 48.9 Å². The second-order valence-electron chi connectivity index (χ2n) is 5.91. The molecule has 3 nitrogen and oxygen atoms in total. The summed E-state index contributed by atoms with van der Waals surface area (Å²) in [6.07, 6.45) is 6.48. The van der Waals surface area contributed by atoms with E-state index >= 15 is 0 Å². The molecule has 1 atom stereocenters. The Morgan fingerprint density at radius 1 is 1.21 bits per heavy atom. The second-order valence-corrected chi connectivity index (χ2v) is 5.91. The van der Waals surface area contributed by atoms with Crippen LogP contribution < -0.4 is 5.73 Å². The lowest BCUT2D eigenvalue weighted by molar-refractivity contribution is -0.0866. The molecule has 1 saturated carbocycles. The molecule has 0 aromatic heterocycles. The van der Waals surface area contributed by atoms with Crippen LogP contribution in [-0.4, -0.2) is 18.0 Å². The van der Waals surface area contributed by atoms with Crippen molar-refractivity contribution in [1.82, 2.24) is 0 Å². The standard InChI is InChI=1S/C16H21NO2/c17-14-5-3-12(4-6-14)15(18)13-7-10-19-16(11-13)8-1-2-9-16/h3-6,13H,1-2,7-11,17H2. The Morgan fingerprint density at radius 2 is 1.89 bits per heavy atom.